The van der Waals surface area contributed by atoms with Gasteiger partial charge in [0.1, 0.15) is 5.58 Å². The first-order chi connectivity index (χ1) is 12.9. The highest BCUT2D eigenvalue weighted by atomic mass is 19.4. The van der Waals surface area contributed by atoms with Gasteiger partial charge in [0.25, 0.3) is 0 Å². The van der Waals surface area contributed by atoms with E-state index in [-0.39, 0.29) is 11.8 Å². The lowest BCUT2D eigenvalue weighted by Gasteiger charge is -2.17. The number of halogens is 3. The number of carboxylic acids is 1. The van der Waals surface area contributed by atoms with Crippen molar-refractivity contribution in [3.63, 3.8) is 0 Å². The monoisotopic (exact) mass is 402 g/mol. The number of aryl methyl sites for hydroxylation is 1. The summed E-state index contributed by atoms with van der Waals surface area (Å²) in [4.78, 5) is 32.4. The molecule has 0 radical (unpaired) electrons. The summed E-state index contributed by atoms with van der Waals surface area (Å²) >= 11 is 0. The molecule has 1 aromatic carbocycles. The molecule has 0 aliphatic heterocycles. The minimum atomic E-state index is -5.08. The summed E-state index contributed by atoms with van der Waals surface area (Å²) in [6.45, 7) is 5.77. The maximum Gasteiger partial charge on any atom is 0.490 e. The number of carbonyl (C=O) groups excluding carboxylic acids is 1. The van der Waals surface area contributed by atoms with Gasteiger partial charge in [0, 0.05) is 23.2 Å². The molecule has 0 saturated heterocycles. The molecule has 1 aromatic heterocycles. The van der Waals surface area contributed by atoms with Crippen molar-refractivity contribution in [1.82, 2.24) is 0 Å². The number of hydrogen-bond donors (Lipinski definition) is 3. The van der Waals surface area contributed by atoms with Gasteiger partial charge < -0.3 is 20.6 Å². The molecular weight excluding hydrogens is 381 g/mol. The van der Waals surface area contributed by atoms with Gasteiger partial charge in [-0.15, -0.1) is 0 Å². The van der Waals surface area contributed by atoms with Crippen LogP contribution in [0.4, 0.5) is 18.9 Å². The van der Waals surface area contributed by atoms with Crippen LogP contribution in [0.5, 0.6) is 0 Å². The zero-order valence-corrected chi connectivity index (χ0v) is 15.5. The maximum absolute atomic E-state index is 12.1. The largest absolute Gasteiger partial charge is 0.490 e. The van der Waals surface area contributed by atoms with E-state index in [2.05, 4.69) is 5.32 Å². The molecule has 0 unspecified atom stereocenters. The minimum Gasteiger partial charge on any atom is -0.475 e. The number of hydrogen-bond acceptors (Lipinski definition) is 5. The van der Waals surface area contributed by atoms with E-state index in [0.29, 0.717) is 11.3 Å². The van der Waals surface area contributed by atoms with Crippen LogP contribution in [0.1, 0.15) is 25.8 Å². The second-order valence-electron chi connectivity index (χ2n) is 6.16. The van der Waals surface area contributed by atoms with Crippen molar-refractivity contribution in [2.24, 2.45) is 11.7 Å². The maximum atomic E-state index is 12.1. The van der Waals surface area contributed by atoms with Gasteiger partial charge in [0.15, 0.2) is 0 Å². The van der Waals surface area contributed by atoms with Crippen LogP contribution >= 0.6 is 0 Å². The molecule has 28 heavy (non-hydrogen) atoms. The molecule has 0 aliphatic rings. The molecule has 0 saturated carbocycles. The van der Waals surface area contributed by atoms with E-state index in [1.165, 1.54) is 6.07 Å². The summed E-state index contributed by atoms with van der Waals surface area (Å²) < 4.78 is 36.9. The Morgan fingerprint density at radius 3 is 2.36 bits per heavy atom. The van der Waals surface area contributed by atoms with Gasteiger partial charge in [0.2, 0.25) is 5.91 Å². The lowest BCUT2D eigenvalue weighted by molar-refractivity contribution is -0.192. The molecule has 4 N–H and O–H groups in total. The number of carbonyl (C=O) groups is 2. The Hall–Kier alpha value is -2.88. The van der Waals surface area contributed by atoms with Gasteiger partial charge in [-0.25, -0.2) is 9.59 Å². The highest BCUT2D eigenvalue weighted by Gasteiger charge is 2.38. The van der Waals surface area contributed by atoms with E-state index in [1.807, 2.05) is 26.8 Å². The fourth-order valence-electron chi connectivity index (χ4n) is 2.14. The number of nitrogens with one attached hydrogen (secondary N) is 1. The minimum absolute atomic E-state index is 0.102. The third-order valence-corrected chi connectivity index (χ3v) is 4.02. The number of carboxylic acid groups (broad SMARTS) is 1. The highest BCUT2D eigenvalue weighted by molar-refractivity contribution is 5.96. The molecular formula is C18H21F3N2O5. The van der Waals surface area contributed by atoms with Crippen molar-refractivity contribution in [1.29, 1.82) is 0 Å². The third kappa shape index (κ3) is 6.38. The standard InChI is InChI=1S/C16H20N2O3.C2HF3O2/c1-4-9(2)15(17)16(20)18-11-5-6-12-10(3)7-14(19)21-13(12)8-11;3-2(4,5)1(6)7/h5-9,15H,4,17H2,1-3H3,(H,18,20);(H,6,7)/t9-,15-;/m0./s1. The van der Waals surface area contributed by atoms with Crippen LogP contribution in [0.25, 0.3) is 11.0 Å². The van der Waals surface area contributed by atoms with Crippen molar-refractivity contribution in [3.05, 3.63) is 40.2 Å². The van der Waals surface area contributed by atoms with E-state index < -0.39 is 23.8 Å². The average Bonchev–Trinajstić information content (AvgIpc) is 2.59. The van der Waals surface area contributed by atoms with Crippen molar-refractivity contribution >= 4 is 28.5 Å². The average molecular weight is 402 g/mol. The Balaban J connectivity index is 0.000000480. The van der Waals surface area contributed by atoms with Crippen molar-refractivity contribution in [2.45, 2.75) is 39.4 Å². The normalized spacial score (nSPS) is 13.2. The Morgan fingerprint density at radius 2 is 1.86 bits per heavy atom. The molecule has 0 fully saturated rings. The molecule has 0 aliphatic carbocycles. The molecule has 10 heteroatoms. The number of amides is 1. The molecule has 1 heterocycles. The quantitative estimate of drug-likeness (QED) is 0.676. The second-order valence-corrected chi connectivity index (χ2v) is 6.16. The van der Waals surface area contributed by atoms with Crippen molar-refractivity contribution < 1.29 is 32.3 Å². The van der Waals surface area contributed by atoms with E-state index >= 15 is 0 Å². The fraction of sp³-hybridized carbons (Fsp3) is 0.389. The molecule has 2 rings (SSSR count). The summed E-state index contributed by atoms with van der Waals surface area (Å²) in [5, 5.41) is 10.7. The van der Waals surface area contributed by atoms with Gasteiger partial charge in [-0.2, -0.15) is 13.2 Å². The van der Waals surface area contributed by atoms with Gasteiger partial charge in [-0.1, -0.05) is 20.3 Å². The van der Waals surface area contributed by atoms with E-state index in [1.54, 1.807) is 12.1 Å². The van der Waals surface area contributed by atoms with Crippen LogP contribution in [-0.4, -0.2) is 29.2 Å². The molecule has 0 bridgehead atoms. The van der Waals surface area contributed by atoms with Gasteiger partial charge in [-0.3, -0.25) is 4.79 Å². The fourth-order valence-corrected chi connectivity index (χ4v) is 2.14. The predicted octanol–water partition coefficient (Wildman–Crippen LogP) is 3.05. The van der Waals surface area contributed by atoms with Crippen LogP contribution in [0.15, 0.2) is 33.5 Å². The molecule has 7 nitrogen and oxygen atoms in total. The summed E-state index contributed by atoms with van der Waals surface area (Å²) in [7, 11) is 0. The lowest BCUT2D eigenvalue weighted by Crippen LogP contribution is -2.40. The molecule has 2 atom stereocenters. The van der Waals surface area contributed by atoms with E-state index in [4.69, 9.17) is 20.1 Å². The number of alkyl halides is 3. The number of rotatable bonds is 4. The molecule has 154 valence electrons. The van der Waals surface area contributed by atoms with Gasteiger partial charge >= 0.3 is 17.8 Å². The zero-order chi connectivity index (χ0) is 21.6. The first-order valence-electron chi connectivity index (χ1n) is 8.27. The number of aliphatic carboxylic acids is 1. The Bertz CT molecular complexity index is 908. The van der Waals surface area contributed by atoms with E-state index in [0.717, 1.165) is 17.4 Å². The SMILES string of the molecule is CC[C@H](C)[C@H](N)C(=O)Nc1ccc2c(C)cc(=O)oc2c1.O=C(O)C(F)(F)F. The van der Waals surface area contributed by atoms with Crippen LogP contribution in [-0.2, 0) is 9.59 Å². The number of fused-ring (bicyclic) bond motifs is 1. The summed E-state index contributed by atoms with van der Waals surface area (Å²) in [6, 6.07) is 6.12. The summed E-state index contributed by atoms with van der Waals surface area (Å²) in [5.74, 6) is -2.89. The molecule has 0 spiro atoms. The predicted molar refractivity (Wildman–Crippen MR) is 97.0 cm³/mol. The van der Waals surface area contributed by atoms with Crippen LogP contribution < -0.4 is 16.7 Å². The molecule has 1 amide bonds. The second kappa shape index (κ2) is 9.36. The number of nitrogens with two attached hydrogens (primary N) is 1. The first kappa shape index (κ1) is 23.2. The van der Waals surface area contributed by atoms with Crippen LogP contribution in [0, 0.1) is 12.8 Å². The smallest absolute Gasteiger partial charge is 0.475 e. The zero-order valence-electron chi connectivity index (χ0n) is 15.5. The van der Waals surface area contributed by atoms with Crippen LogP contribution in [0.2, 0.25) is 0 Å². The summed E-state index contributed by atoms with van der Waals surface area (Å²) in [5.41, 5.74) is 7.36. The van der Waals surface area contributed by atoms with Gasteiger partial charge in [0.05, 0.1) is 6.04 Å². The Morgan fingerprint density at radius 1 is 1.29 bits per heavy atom. The number of benzene rings is 1. The summed E-state index contributed by atoms with van der Waals surface area (Å²) in [6.07, 6.45) is -4.25. The van der Waals surface area contributed by atoms with E-state index in [9.17, 15) is 22.8 Å². The van der Waals surface area contributed by atoms with Crippen LogP contribution in [0.3, 0.4) is 0 Å². The van der Waals surface area contributed by atoms with Crippen molar-refractivity contribution in [3.8, 4) is 0 Å². The Kier molecular flexibility index (Phi) is 7.74. The number of anilines is 1. The Labute approximate surface area is 158 Å². The first-order valence-corrected chi connectivity index (χ1v) is 8.27. The van der Waals surface area contributed by atoms with Crippen molar-refractivity contribution in [2.75, 3.05) is 5.32 Å². The lowest BCUT2D eigenvalue weighted by atomic mass is 9.99. The third-order valence-electron chi connectivity index (χ3n) is 4.02. The highest BCUT2D eigenvalue weighted by Crippen LogP contribution is 2.21. The topological polar surface area (TPSA) is 123 Å². The molecule has 2 aromatic rings. The van der Waals surface area contributed by atoms with Gasteiger partial charge in [-0.05, 0) is 30.5 Å².